The van der Waals surface area contributed by atoms with Gasteiger partial charge in [-0.3, -0.25) is 4.79 Å². The van der Waals surface area contributed by atoms with E-state index in [-0.39, 0.29) is 17.7 Å². The SMILES string of the molecule is CC1NCCC1C(=O)Cc1cc(Cl)ccc1Cl. The molecule has 2 nitrogen and oxygen atoms in total. The van der Waals surface area contributed by atoms with Crippen LogP contribution in [0.2, 0.25) is 10.0 Å². The molecule has 4 heteroatoms. The van der Waals surface area contributed by atoms with Crippen LogP contribution in [0.4, 0.5) is 0 Å². The van der Waals surface area contributed by atoms with Crippen molar-refractivity contribution in [3.63, 3.8) is 0 Å². The zero-order valence-corrected chi connectivity index (χ0v) is 11.2. The van der Waals surface area contributed by atoms with Crippen LogP contribution in [0.25, 0.3) is 0 Å². The molecule has 1 aromatic carbocycles. The van der Waals surface area contributed by atoms with Crippen molar-refractivity contribution in [3.8, 4) is 0 Å². The Morgan fingerprint density at radius 3 is 2.88 bits per heavy atom. The number of Topliss-reactive ketones (excluding diaryl/α,β-unsaturated/α-hetero) is 1. The third kappa shape index (κ3) is 3.01. The summed E-state index contributed by atoms with van der Waals surface area (Å²) in [5.41, 5.74) is 0.822. The molecule has 2 unspecified atom stereocenters. The van der Waals surface area contributed by atoms with Gasteiger partial charge in [-0.2, -0.15) is 0 Å². The Bertz CT molecular complexity index is 433. The lowest BCUT2D eigenvalue weighted by Gasteiger charge is -2.14. The quantitative estimate of drug-likeness (QED) is 0.916. The number of benzene rings is 1. The highest BCUT2D eigenvalue weighted by Crippen LogP contribution is 2.24. The Balaban J connectivity index is 2.10. The van der Waals surface area contributed by atoms with E-state index < -0.39 is 0 Å². The number of nitrogens with one attached hydrogen (secondary N) is 1. The lowest BCUT2D eigenvalue weighted by molar-refractivity contribution is -0.122. The second kappa shape index (κ2) is 5.38. The van der Waals surface area contributed by atoms with Gasteiger partial charge in [-0.15, -0.1) is 0 Å². The predicted molar refractivity (Wildman–Crippen MR) is 70.7 cm³/mol. The van der Waals surface area contributed by atoms with Crippen molar-refractivity contribution >= 4 is 29.0 Å². The van der Waals surface area contributed by atoms with E-state index in [1.165, 1.54) is 0 Å². The van der Waals surface area contributed by atoms with Gasteiger partial charge in [0.2, 0.25) is 0 Å². The second-order valence-corrected chi connectivity index (χ2v) is 5.36. The maximum atomic E-state index is 12.1. The average Bonchev–Trinajstić information content (AvgIpc) is 2.70. The highest BCUT2D eigenvalue weighted by molar-refractivity contribution is 6.33. The summed E-state index contributed by atoms with van der Waals surface area (Å²) in [6, 6.07) is 5.51. The van der Waals surface area contributed by atoms with Gasteiger partial charge in [0.25, 0.3) is 0 Å². The van der Waals surface area contributed by atoms with Crippen LogP contribution in [0, 0.1) is 5.92 Å². The molecule has 2 rings (SSSR count). The summed E-state index contributed by atoms with van der Waals surface area (Å²) in [5, 5.41) is 4.51. The first-order valence-corrected chi connectivity index (χ1v) is 6.53. The van der Waals surface area contributed by atoms with Gasteiger partial charge in [-0.25, -0.2) is 0 Å². The first-order valence-electron chi connectivity index (χ1n) is 5.78. The van der Waals surface area contributed by atoms with Gasteiger partial charge in [0.1, 0.15) is 5.78 Å². The van der Waals surface area contributed by atoms with Crippen molar-refractivity contribution in [2.24, 2.45) is 5.92 Å². The van der Waals surface area contributed by atoms with Crippen LogP contribution in [0.3, 0.4) is 0 Å². The van der Waals surface area contributed by atoms with Crippen molar-refractivity contribution in [2.45, 2.75) is 25.8 Å². The van der Waals surface area contributed by atoms with Gasteiger partial charge in [0.15, 0.2) is 0 Å². The van der Waals surface area contributed by atoms with Crippen molar-refractivity contribution in [1.82, 2.24) is 5.32 Å². The molecule has 1 heterocycles. The zero-order valence-electron chi connectivity index (χ0n) is 9.67. The predicted octanol–water partition coefficient (Wildman–Crippen LogP) is 3.10. The van der Waals surface area contributed by atoms with Crippen molar-refractivity contribution in [2.75, 3.05) is 6.54 Å². The Morgan fingerprint density at radius 1 is 1.47 bits per heavy atom. The smallest absolute Gasteiger partial charge is 0.141 e. The van der Waals surface area contributed by atoms with E-state index in [4.69, 9.17) is 23.2 Å². The molecular weight excluding hydrogens is 257 g/mol. The molecule has 0 aromatic heterocycles. The first kappa shape index (κ1) is 12.9. The molecule has 1 fully saturated rings. The largest absolute Gasteiger partial charge is 0.314 e. The van der Waals surface area contributed by atoms with Crippen LogP contribution in [0.5, 0.6) is 0 Å². The molecule has 17 heavy (non-hydrogen) atoms. The second-order valence-electron chi connectivity index (χ2n) is 4.52. The molecule has 92 valence electrons. The fourth-order valence-electron chi connectivity index (χ4n) is 2.30. The van der Waals surface area contributed by atoms with Gasteiger partial charge in [0.05, 0.1) is 0 Å². The lowest BCUT2D eigenvalue weighted by Crippen LogP contribution is -2.29. The summed E-state index contributed by atoms with van der Waals surface area (Å²) in [5.74, 6) is 0.344. The maximum absolute atomic E-state index is 12.1. The molecule has 0 radical (unpaired) electrons. The Labute approximate surface area is 111 Å². The van der Waals surface area contributed by atoms with Crippen molar-refractivity contribution < 1.29 is 4.79 Å². The average molecular weight is 272 g/mol. The molecule has 0 amide bonds. The Kier molecular flexibility index (Phi) is 4.08. The third-order valence-corrected chi connectivity index (χ3v) is 3.92. The van der Waals surface area contributed by atoms with Gasteiger partial charge < -0.3 is 5.32 Å². The monoisotopic (exact) mass is 271 g/mol. The minimum absolute atomic E-state index is 0.102. The summed E-state index contributed by atoms with van der Waals surface area (Å²) < 4.78 is 0. The number of halogens is 2. The number of carbonyl (C=O) groups excluding carboxylic acids is 1. The first-order chi connectivity index (χ1) is 8.08. The van der Waals surface area contributed by atoms with Crippen LogP contribution >= 0.6 is 23.2 Å². The van der Waals surface area contributed by atoms with Gasteiger partial charge >= 0.3 is 0 Å². The van der Waals surface area contributed by atoms with Crippen LogP contribution in [0.1, 0.15) is 18.9 Å². The molecule has 0 aliphatic carbocycles. The van der Waals surface area contributed by atoms with Crippen molar-refractivity contribution in [3.05, 3.63) is 33.8 Å². The summed E-state index contributed by atoms with van der Waals surface area (Å²) in [7, 11) is 0. The molecule has 1 N–H and O–H groups in total. The van der Waals surface area contributed by atoms with Crippen LogP contribution in [-0.4, -0.2) is 18.4 Å². The van der Waals surface area contributed by atoms with Crippen LogP contribution in [-0.2, 0) is 11.2 Å². The summed E-state index contributed by atoms with van der Waals surface area (Å²) in [6.07, 6.45) is 1.29. The fraction of sp³-hybridized carbons (Fsp3) is 0.462. The molecule has 0 saturated carbocycles. The normalized spacial score (nSPS) is 23.9. The highest BCUT2D eigenvalue weighted by Gasteiger charge is 2.29. The van der Waals surface area contributed by atoms with E-state index in [0.717, 1.165) is 18.5 Å². The number of rotatable bonds is 3. The Morgan fingerprint density at radius 2 is 2.24 bits per heavy atom. The number of ketones is 1. The van der Waals surface area contributed by atoms with Gasteiger partial charge in [-0.05, 0) is 43.7 Å². The fourth-order valence-corrected chi connectivity index (χ4v) is 2.68. The lowest BCUT2D eigenvalue weighted by atomic mass is 9.92. The van der Waals surface area contributed by atoms with E-state index in [2.05, 4.69) is 12.2 Å². The van der Waals surface area contributed by atoms with Crippen LogP contribution in [0.15, 0.2) is 18.2 Å². The minimum atomic E-state index is 0.102. The topological polar surface area (TPSA) is 29.1 Å². The van der Waals surface area contributed by atoms with Gasteiger partial charge in [0, 0.05) is 28.4 Å². The summed E-state index contributed by atoms with van der Waals surface area (Å²) in [4.78, 5) is 12.1. The van der Waals surface area contributed by atoms with E-state index in [0.29, 0.717) is 16.5 Å². The van der Waals surface area contributed by atoms with E-state index in [9.17, 15) is 4.79 Å². The number of carbonyl (C=O) groups is 1. The van der Waals surface area contributed by atoms with Crippen molar-refractivity contribution in [1.29, 1.82) is 0 Å². The van der Waals surface area contributed by atoms with E-state index in [1.54, 1.807) is 18.2 Å². The zero-order chi connectivity index (χ0) is 12.4. The molecule has 1 aliphatic heterocycles. The summed E-state index contributed by atoms with van der Waals surface area (Å²) >= 11 is 12.0. The number of hydrogen-bond acceptors (Lipinski definition) is 2. The maximum Gasteiger partial charge on any atom is 0.141 e. The highest BCUT2D eigenvalue weighted by atomic mass is 35.5. The molecule has 1 aliphatic rings. The van der Waals surface area contributed by atoms with Crippen LogP contribution < -0.4 is 5.32 Å². The Hall–Kier alpha value is -0.570. The molecule has 0 bridgehead atoms. The molecule has 0 spiro atoms. The standard InChI is InChI=1S/C13H15Cl2NO/c1-8-11(4-5-16-8)13(17)7-9-6-10(14)2-3-12(9)15/h2-3,6,8,11,16H,4-5,7H2,1H3. The molecule has 1 saturated heterocycles. The van der Waals surface area contributed by atoms with E-state index in [1.807, 2.05) is 0 Å². The van der Waals surface area contributed by atoms with Gasteiger partial charge in [-0.1, -0.05) is 23.2 Å². The molecule has 2 atom stereocenters. The number of hydrogen-bond donors (Lipinski definition) is 1. The third-order valence-electron chi connectivity index (χ3n) is 3.31. The molecular formula is C13H15Cl2NO. The van der Waals surface area contributed by atoms with E-state index >= 15 is 0 Å². The minimum Gasteiger partial charge on any atom is -0.314 e. The summed E-state index contributed by atoms with van der Waals surface area (Å²) in [6.45, 7) is 2.97. The molecule has 1 aromatic rings.